The number of anilines is 1. The molecule has 13 heteroatoms. The average Bonchev–Trinajstić information content (AvgIpc) is 3.02. The van der Waals surface area contributed by atoms with E-state index in [1.165, 1.54) is 6.92 Å². The van der Waals surface area contributed by atoms with Gasteiger partial charge in [0.25, 0.3) is 23.2 Å². The summed E-state index contributed by atoms with van der Waals surface area (Å²) < 4.78 is 4.73. The van der Waals surface area contributed by atoms with Crippen molar-refractivity contribution in [1.82, 2.24) is 5.32 Å². The molecule has 2 aromatic rings. The topological polar surface area (TPSA) is 171 Å². The van der Waals surface area contributed by atoms with Gasteiger partial charge >= 0.3 is 5.97 Å². The number of nitrogens with one attached hydrogen (secondary N) is 2. The minimum atomic E-state index is -0.936. The molecule has 0 saturated carbocycles. The molecule has 164 valence electrons. The third kappa shape index (κ3) is 5.19. The van der Waals surface area contributed by atoms with Crippen LogP contribution in [0.4, 0.5) is 16.4 Å². The van der Waals surface area contributed by atoms with Gasteiger partial charge in [-0.2, -0.15) is 0 Å². The van der Waals surface area contributed by atoms with E-state index in [1.807, 2.05) is 0 Å². The van der Waals surface area contributed by atoms with Crippen LogP contribution in [0.1, 0.15) is 49.8 Å². The summed E-state index contributed by atoms with van der Waals surface area (Å²) >= 11 is 0.811. The molecule has 2 amide bonds. The van der Waals surface area contributed by atoms with Crippen LogP contribution >= 0.6 is 11.3 Å². The van der Waals surface area contributed by atoms with Crippen LogP contribution in [0.2, 0.25) is 0 Å². The number of carbonyl (C=O) groups is 3. The lowest BCUT2D eigenvalue weighted by Gasteiger charge is -2.07. The highest BCUT2D eigenvalue weighted by Crippen LogP contribution is 2.34. The number of methoxy groups -OCH3 is 1. The highest BCUT2D eigenvalue weighted by molar-refractivity contribution is 7.18. The van der Waals surface area contributed by atoms with Crippen LogP contribution in [0.25, 0.3) is 0 Å². The smallest absolute Gasteiger partial charge is 0.341 e. The monoisotopic (exact) mass is 450 g/mol. The van der Waals surface area contributed by atoms with Gasteiger partial charge in [-0.15, -0.1) is 11.3 Å². The first kappa shape index (κ1) is 23.4. The van der Waals surface area contributed by atoms with Crippen LogP contribution in [0.15, 0.2) is 18.2 Å². The lowest BCUT2D eigenvalue weighted by Crippen LogP contribution is -2.29. The Kier molecular flexibility index (Phi) is 7.02. The van der Waals surface area contributed by atoms with Crippen LogP contribution in [-0.4, -0.2) is 40.8 Å². The Hall–Kier alpha value is -3.87. The molecule has 0 bridgehead atoms. The van der Waals surface area contributed by atoms with Crippen molar-refractivity contribution in [3.8, 4) is 0 Å². The van der Waals surface area contributed by atoms with Crippen molar-refractivity contribution in [2.75, 3.05) is 12.4 Å². The highest BCUT2D eigenvalue weighted by atomic mass is 32.1. The van der Waals surface area contributed by atoms with E-state index in [0.717, 1.165) is 36.6 Å². The molecule has 0 spiro atoms. The molecule has 0 atom stereocenters. The summed E-state index contributed by atoms with van der Waals surface area (Å²) in [6.45, 7) is 5.01. The Balaban J connectivity index is 2.51. The number of carbonyl (C=O) groups excluding carboxylic acids is 3. The fraction of sp³-hybridized carbons (Fsp3) is 0.278. The summed E-state index contributed by atoms with van der Waals surface area (Å²) in [7, 11) is 1.13. The first-order valence-electron chi connectivity index (χ1n) is 8.74. The number of nitrogens with zero attached hydrogens (tertiary/aromatic N) is 2. The molecule has 0 radical (unpaired) electrons. The maximum Gasteiger partial charge on any atom is 0.341 e. The van der Waals surface area contributed by atoms with Crippen molar-refractivity contribution in [1.29, 1.82) is 0 Å². The maximum atomic E-state index is 12.7. The third-order valence-electron chi connectivity index (χ3n) is 3.98. The second-order valence-electron chi connectivity index (χ2n) is 6.59. The van der Waals surface area contributed by atoms with Crippen LogP contribution < -0.4 is 10.6 Å². The molecule has 0 saturated heterocycles. The van der Waals surface area contributed by atoms with Gasteiger partial charge in [-0.25, -0.2) is 4.79 Å². The van der Waals surface area contributed by atoms with Gasteiger partial charge in [-0.1, -0.05) is 0 Å². The van der Waals surface area contributed by atoms with Gasteiger partial charge in [0.15, 0.2) is 0 Å². The highest BCUT2D eigenvalue weighted by Gasteiger charge is 2.28. The van der Waals surface area contributed by atoms with E-state index in [2.05, 4.69) is 10.6 Å². The summed E-state index contributed by atoms with van der Waals surface area (Å²) in [5.41, 5.74) is -1.44. The Bertz CT molecular complexity index is 1060. The van der Waals surface area contributed by atoms with Gasteiger partial charge in [0.2, 0.25) is 0 Å². The predicted molar refractivity (Wildman–Crippen MR) is 111 cm³/mol. The number of rotatable bonds is 7. The number of nitro benzene ring substituents is 2. The van der Waals surface area contributed by atoms with Crippen molar-refractivity contribution in [2.24, 2.45) is 0 Å². The number of hydrogen-bond acceptors (Lipinski definition) is 9. The number of benzene rings is 1. The first-order chi connectivity index (χ1) is 14.5. The van der Waals surface area contributed by atoms with E-state index in [0.29, 0.717) is 0 Å². The second-order valence-corrected chi connectivity index (χ2v) is 7.61. The van der Waals surface area contributed by atoms with Crippen LogP contribution in [0.5, 0.6) is 0 Å². The largest absolute Gasteiger partial charge is 0.465 e. The first-order valence-corrected chi connectivity index (χ1v) is 9.55. The van der Waals surface area contributed by atoms with Crippen molar-refractivity contribution in [2.45, 2.75) is 26.8 Å². The number of esters is 1. The quantitative estimate of drug-likeness (QED) is 0.368. The normalized spacial score (nSPS) is 10.5. The molecule has 1 aromatic heterocycles. The number of thiophene rings is 1. The minimum absolute atomic E-state index is 0.0302. The minimum Gasteiger partial charge on any atom is -0.465 e. The van der Waals surface area contributed by atoms with E-state index in [-0.39, 0.29) is 32.6 Å². The molecule has 0 aliphatic heterocycles. The van der Waals surface area contributed by atoms with Gasteiger partial charge in [-0.05, 0) is 26.3 Å². The molecular weight excluding hydrogens is 432 g/mol. The number of nitro groups is 2. The number of non-ortho nitro benzene ring substituents is 2. The van der Waals surface area contributed by atoms with Crippen molar-refractivity contribution >= 4 is 45.5 Å². The van der Waals surface area contributed by atoms with Crippen LogP contribution in [0.3, 0.4) is 0 Å². The lowest BCUT2D eigenvalue weighted by molar-refractivity contribution is -0.394. The molecule has 1 heterocycles. The fourth-order valence-corrected chi connectivity index (χ4v) is 3.70. The van der Waals surface area contributed by atoms with Gasteiger partial charge in [-0.3, -0.25) is 29.8 Å². The van der Waals surface area contributed by atoms with E-state index in [1.54, 1.807) is 13.8 Å². The third-order valence-corrected chi connectivity index (χ3v) is 5.18. The molecule has 0 aliphatic carbocycles. The standard InChI is InChI=1S/C18H18N4O8S/c1-8(2)19-16(24)14-9(3)13(18(25)30-4)17(31-14)20-15(23)10-5-11(21(26)27)7-12(6-10)22(28)29/h5-8H,1-4H3,(H,19,24)(H,20,23). The van der Waals surface area contributed by atoms with E-state index < -0.39 is 39.0 Å². The molecule has 0 unspecified atom stereocenters. The summed E-state index contributed by atoms with van der Waals surface area (Å²) in [6, 6.07) is 2.28. The average molecular weight is 450 g/mol. The van der Waals surface area contributed by atoms with Gasteiger partial charge in [0.1, 0.15) is 5.00 Å². The van der Waals surface area contributed by atoms with Gasteiger partial charge < -0.3 is 15.4 Å². The molecule has 2 rings (SSSR count). The fourth-order valence-electron chi connectivity index (χ4n) is 2.61. The van der Waals surface area contributed by atoms with Crippen molar-refractivity contribution in [3.05, 3.63) is 60.0 Å². The SMILES string of the molecule is COC(=O)c1c(NC(=O)c2cc([N+](=O)[O-])cc([N+](=O)[O-])c2)sc(C(=O)NC(C)C)c1C. The lowest BCUT2D eigenvalue weighted by atomic mass is 10.1. The van der Waals surface area contributed by atoms with E-state index in [9.17, 15) is 34.6 Å². The predicted octanol–water partition coefficient (Wildman–Crippen LogP) is 3.05. The number of amides is 2. The second kappa shape index (κ2) is 9.30. The Morgan fingerprint density at radius 2 is 1.58 bits per heavy atom. The summed E-state index contributed by atoms with van der Waals surface area (Å²) in [5.74, 6) is -2.21. The summed E-state index contributed by atoms with van der Waals surface area (Å²) in [6.07, 6.45) is 0. The zero-order chi connectivity index (χ0) is 23.5. The number of hydrogen-bond donors (Lipinski definition) is 2. The summed E-state index contributed by atoms with van der Waals surface area (Å²) in [4.78, 5) is 57.9. The molecule has 2 N–H and O–H groups in total. The van der Waals surface area contributed by atoms with E-state index in [4.69, 9.17) is 4.74 Å². The molecule has 1 aromatic carbocycles. The van der Waals surface area contributed by atoms with Gasteiger partial charge in [0.05, 0.1) is 39.0 Å². The molecule has 31 heavy (non-hydrogen) atoms. The molecule has 0 fully saturated rings. The van der Waals surface area contributed by atoms with Crippen LogP contribution in [-0.2, 0) is 4.74 Å². The van der Waals surface area contributed by atoms with E-state index >= 15 is 0 Å². The maximum absolute atomic E-state index is 12.7. The summed E-state index contributed by atoms with van der Waals surface area (Å²) in [5, 5.41) is 27.1. The number of ether oxygens (including phenoxy) is 1. The molecular formula is C18H18N4O8S. The van der Waals surface area contributed by atoms with Crippen LogP contribution in [0, 0.1) is 27.2 Å². The zero-order valence-corrected chi connectivity index (χ0v) is 17.7. The Labute approximate surface area is 179 Å². The zero-order valence-electron chi connectivity index (χ0n) is 16.9. The molecule has 0 aliphatic rings. The Morgan fingerprint density at radius 3 is 2.03 bits per heavy atom. The van der Waals surface area contributed by atoms with Crippen molar-refractivity contribution < 1.29 is 29.0 Å². The van der Waals surface area contributed by atoms with Gasteiger partial charge in [0, 0.05) is 18.2 Å². The van der Waals surface area contributed by atoms with Crippen molar-refractivity contribution in [3.63, 3.8) is 0 Å². The molecule has 12 nitrogen and oxygen atoms in total. The Morgan fingerprint density at radius 1 is 1.03 bits per heavy atom.